The van der Waals surface area contributed by atoms with Gasteiger partial charge in [0.1, 0.15) is 5.75 Å². The molecular weight excluding hydrogens is 232 g/mol. The molecule has 0 aliphatic carbocycles. The number of phenols is 1. The fourth-order valence-corrected chi connectivity index (χ4v) is 2.77. The summed E-state index contributed by atoms with van der Waals surface area (Å²) in [6, 6.07) is 4.03. The summed E-state index contributed by atoms with van der Waals surface area (Å²) in [4.78, 5) is 0. The van der Waals surface area contributed by atoms with Gasteiger partial charge in [-0.1, -0.05) is 47.6 Å². The van der Waals surface area contributed by atoms with Crippen LogP contribution in [0.5, 0.6) is 5.75 Å². The van der Waals surface area contributed by atoms with Crippen molar-refractivity contribution in [3.63, 3.8) is 0 Å². The summed E-state index contributed by atoms with van der Waals surface area (Å²) < 4.78 is 0. The fraction of sp³-hybridized carbons (Fsp3) is 0.667. The molecule has 0 aromatic heterocycles. The van der Waals surface area contributed by atoms with Gasteiger partial charge in [-0.25, -0.2) is 0 Å². The predicted octanol–water partition coefficient (Wildman–Crippen LogP) is 5.93. The maximum atomic E-state index is 10.3. The molecule has 0 spiro atoms. The predicted molar refractivity (Wildman–Crippen MR) is 84.2 cm³/mol. The van der Waals surface area contributed by atoms with Crippen LogP contribution in [0.1, 0.15) is 95.2 Å². The summed E-state index contributed by atoms with van der Waals surface area (Å²) in [5, 5.41) is 10.3. The van der Waals surface area contributed by atoms with Gasteiger partial charge in [0.25, 0.3) is 0 Å². The van der Waals surface area contributed by atoms with Crippen molar-refractivity contribution in [2.24, 2.45) is 0 Å². The summed E-state index contributed by atoms with van der Waals surface area (Å²) in [6.07, 6.45) is 3.34. The van der Waals surface area contributed by atoms with Crippen LogP contribution in [0.4, 0.5) is 0 Å². The van der Waals surface area contributed by atoms with Gasteiger partial charge in [-0.3, -0.25) is 0 Å². The highest BCUT2D eigenvalue weighted by Gasteiger charge is 2.22. The average molecular weight is 262 g/mol. The zero-order valence-electron chi connectivity index (χ0n) is 13.5. The quantitative estimate of drug-likeness (QED) is 0.673. The zero-order chi connectivity index (χ0) is 14.6. The zero-order valence-corrected chi connectivity index (χ0v) is 13.5. The number of aromatic hydroxyl groups is 1. The van der Waals surface area contributed by atoms with E-state index in [1.54, 1.807) is 0 Å². The largest absolute Gasteiger partial charge is 0.508 e. The van der Waals surface area contributed by atoms with Crippen molar-refractivity contribution in [3.8, 4) is 5.75 Å². The van der Waals surface area contributed by atoms with Crippen LogP contribution in [0.15, 0.2) is 12.1 Å². The van der Waals surface area contributed by atoms with Crippen molar-refractivity contribution in [2.45, 2.75) is 78.6 Å². The monoisotopic (exact) mass is 262 g/mol. The molecule has 0 radical (unpaired) electrons. The van der Waals surface area contributed by atoms with E-state index in [9.17, 15) is 5.11 Å². The SMILES string of the molecule is CCC(C)c1ccc(O)c(C(C)CC)c1C(C)CC. The second-order valence-corrected chi connectivity index (χ2v) is 5.93. The molecule has 1 nitrogen and oxygen atoms in total. The highest BCUT2D eigenvalue weighted by molar-refractivity contribution is 5.49. The van der Waals surface area contributed by atoms with Crippen LogP contribution in [-0.2, 0) is 0 Å². The topological polar surface area (TPSA) is 20.2 Å². The first-order chi connectivity index (χ1) is 8.97. The highest BCUT2D eigenvalue weighted by atomic mass is 16.3. The van der Waals surface area contributed by atoms with Crippen LogP contribution < -0.4 is 0 Å². The molecule has 0 aliphatic heterocycles. The van der Waals surface area contributed by atoms with Crippen LogP contribution in [0.2, 0.25) is 0 Å². The number of rotatable bonds is 6. The molecule has 0 amide bonds. The number of phenolic OH excluding ortho intramolecular Hbond substituents is 1. The minimum atomic E-state index is 0.424. The lowest BCUT2D eigenvalue weighted by molar-refractivity contribution is 0.457. The van der Waals surface area contributed by atoms with Gasteiger partial charge in [-0.05, 0) is 54.2 Å². The van der Waals surface area contributed by atoms with Crippen molar-refractivity contribution < 1.29 is 5.11 Å². The molecule has 1 rings (SSSR count). The lowest BCUT2D eigenvalue weighted by Gasteiger charge is -2.26. The molecule has 0 aliphatic rings. The molecule has 0 saturated heterocycles. The van der Waals surface area contributed by atoms with Crippen LogP contribution in [-0.4, -0.2) is 5.11 Å². The molecule has 0 heterocycles. The Morgan fingerprint density at radius 2 is 1.26 bits per heavy atom. The third-order valence-electron chi connectivity index (χ3n) is 4.65. The van der Waals surface area contributed by atoms with E-state index in [1.807, 2.05) is 6.07 Å². The first-order valence-corrected chi connectivity index (χ1v) is 7.83. The second kappa shape index (κ2) is 6.98. The first-order valence-electron chi connectivity index (χ1n) is 7.83. The molecule has 3 atom stereocenters. The van der Waals surface area contributed by atoms with Gasteiger partial charge in [0, 0.05) is 5.56 Å². The summed E-state index contributed by atoms with van der Waals surface area (Å²) in [5.74, 6) is 1.98. The van der Waals surface area contributed by atoms with Crippen LogP contribution >= 0.6 is 0 Å². The van der Waals surface area contributed by atoms with E-state index < -0.39 is 0 Å². The second-order valence-electron chi connectivity index (χ2n) is 5.93. The number of benzene rings is 1. The molecule has 3 unspecified atom stereocenters. The molecule has 1 aromatic carbocycles. The molecular formula is C18H30O. The van der Waals surface area contributed by atoms with Gasteiger partial charge in [-0.2, -0.15) is 0 Å². The van der Waals surface area contributed by atoms with Gasteiger partial charge in [0.05, 0.1) is 0 Å². The van der Waals surface area contributed by atoms with E-state index in [0.29, 0.717) is 23.5 Å². The average Bonchev–Trinajstić information content (AvgIpc) is 2.44. The molecule has 108 valence electrons. The minimum absolute atomic E-state index is 0.424. The maximum Gasteiger partial charge on any atom is 0.119 e. The minimum Gasteiger partial charge on any atom is -0.508 e. The smallest absolute Gasteiger partial charge is 0.119 e. The van der Waals surface area contributed by atoms with Crippen molar-refractivity contribution in [1.82, 2.24) is 0 Å². The Morgan fingerprint density at radius 3 is 1.74 bits per heavy atom. The Morgan fingerprint density at radius 1 is 0.789 bits per heavy atom. The van der Waals surface area contributed by atoms with E-state index in [4.69, 9.17) is 0 Å². The van der Waals surface area contributed by atoms with Crippen LogP contribution in [0.25, 0.3) is 0 Å². The highest BCUT2D eigenvalue weighted by Crippen LogP contribution is 2.41. The van der Waals surface area contributed by atoms with Gasteiger partial charge in [0.15, 0.2) is 0 Å². The Bertz CT molecular complexity index is 408. The van der Waals surface area contributed by atoms with Gasteiger partial charge in [0.2, 0.25) is 0 Å². The van der Waals surface area contributed by atoms with E-state index in [1.165, 1.54) is 16.7 Å². The molecule has 19 heavy (non-hydrogen) atoms. The number of hydrogen-bond donors (Lipinski definition) is 1. The summed E-state index contributed by atoms with van der Waals surface area (Å²) in [5.41, 5.74) is 4.03. The van der Waals surface area contributed by atoms with E-state index in [2.05, 4.69) is 47.6 Å². The molecule has 0 bridgehead atoms. The summed E-state index contributed by atoms with van der Waals surface area (Å²) in [6.45, 7) is 13.5. The van der Waals surface area contributed by atoms with Crippen LogP contribution in [0.3, 0.4) is 0 Å². The molecule has 0 saturated carbocycles. The molecule has 1 heteroatoms. The maximum absolute atomic E-state index is 10.3. The van der Waals surface area contributed by atoms with Crippen molar-refractivity contribution in [2.75, 3.05) is 0 Å². The van der Waals surface area contributed by atoms with Crippen molar-refractivity contribution >= 4 is 0 Å². The van der Waals surface area contributed by atoms with Gasteiger partial charge >= 0.3 is 0 Å². The van der Waals surface area contributed by atoms with Gasteiger partial charge < -0.3 is 5.11 Å². The van der Waals surface area contributed by atoms with Crippen LogP contribution in [0, 0.1) is 0 Å². The van der Waals surface area contributed by atoms with Gasteiger partial charge in [-0.15, -0.1) is 0 Å². The molecule has 0 fully saturated rings. The summed E-state index contributed by atoms with van der Waals surface area (Å²) in [7, 11) is 0. The Labute approximate surface area is 119 Å². The fourth-order valence-electron chi connectivity index (χ4n) is 2.77. The number of hydrogen-bond acceptors (Lipinski definition) is 1. The Hall–Kier alpha value is -0.980. The molecule has 1 aromatic rings. The summed E-state index contributed by atoms with van der Waals surface area (Å²) >= 11 is 0. The molecule has 1 N–H and O–H groups in total. The normalized spacial score (nSPS) is 16.1. The Kier molecular flexibility index (Phi) is 5.90. The van der Waals surface area contributed by atoms with E-state index >= 15 is 0 Å². The van der Waals surface area contributed by atoms with Crippen molar-refractivity contribution in [3.05, 3.63) is 28.8 Å². The Balaban J connectivity index is 3.49. The van der Waals surface area contributed by atoms with E-state index in [0.717, 1.165) is 19.3 Å². The third kappa shape index (κ3) is 3.32. The standard InChI is InChI=1S/C18H30O/c1-7-12(4)15-10-11-16(19)18(14(6)9-3)17(15)13(5)8-2/h10-14,19H,7-9H2,1-6H3. The van der Waals surface area contributed by atoms with E-state index in [-0.39, 0.29) is 0 Å². The lowest BCUT2D eigenvalue weighted by Crippen LogP contribution is -2.09. The third-order valence-corrected chi connectivity index (χ3v) is 4.65. The lowest BCUT2D eigenvalue weighted by atomic mass is 9.79. The first kappa shape index (κ1) is 16.1. The van der Waals surface area contributed by atoms with Crippen molar-refractivity contribution in [1.29, 1.82) is 0 Å².